The van der Waals surface area contributed by atoms with Crippen LogP contribution in [-0.2, 0) is 0 Å². The Labute approximate surface area is 117 Å². The fourth-order valence-electron chi connectivity index (χ4n) is 2.37. The first kappa shape index (κ1) is 15.4. The summed E-state index contributed by atoms with van der Waals surface area (Å²) in [5.74, 6) is 1.38. The van der Waals surface area contributed by atoms with Crippen LogP contribution >= 0.6 is 11.6 Å². The highest BCUT2D eigenvalue weighted by Gasteiger charge is 2.26. The number of nitrogens with one attached hydrogen (secondary N) is 1. The molecule has 0 aromatic heterocycles. The number of benzene rings is 1. The van der Waals surface area contributed by atoms with Gasteiger partial charge in [0.05, 0.1) is 0 Å². The molecule has 1 N–H and O–H groups in total. The van der Waals surface area contributed by atoms with Crippen LogP contribution in [0, 0.1) is 17.3 Å². The molecule has 0 heterocycles. The molecule has 18 heavy (non-hydrogen) atoms. The number of hydrogen-bond acceptors (Lipinski definition) is 1. The second-order valence-corrected chi connectivity index (χ2v) is 6.81. The van der Waals surface area contributed by atoms with Crippen molar-refractivity contribution in [1.29, 1.82) is 0 Å². The molecule has 1 nitrogen and oxygen atoms in total. The van der Waals surface area contributed by atoms with E-state index in [0.717, 1.165) is 23.2 Å². The van der Waals surface area contributed by atoms with Crippen molar-refractivity contribution >= 4 is 17.3 Å². The van der Waals surface area contributed by atoms with E-state index in [0.29, 0.717) is 11.3 Å². The lowest BCUT2D eigenvalue weighted by molar-refractivity contribution is 0.194. The molecule has 0 aliphatic heterocycles. The maximum absolute atomic E-state index is 5.88. The molecule has 0 aliphatic carbocycles. The van der Waals surface area contributed by atoms with Crippen LogP contribution < -0.4 is 5.32 Å². The van der Waals surface area contributed by atoms with Gasteiger partial charge in [-0.25, -0.2) is 0 Å². The van der Waals surface area contributed by atoms with Gasteiger partial charge in [-0.2, -0.15) is 0 Å². The van der Waals surface area contributed by atoms with Crippen molar-refractivity contribution in [1.82, 2.24) is 0 Å². The maximum atomic E-state index is 5.88. The highest BCUT2D eigenvalue weighted by molar-refractivity contribution is 6.30. The fourth-order valence-corrected chi connectivity index (χ4v) is 2.49. The van der Waals surface area contributed by atoms with Gasteiger partial charge in [0.2, 0.25) is 0 Å². The third kappa shape index (κ3) is 4.89. The van der Waals surface area contributed by atoms with Crippen LogP contribution in [0.2, 0.25) is 5.02 Å². The minimum Gasteiger partial charge on any atom is -0.385 e. The normalized spacial score (nSPS) is 13.7. The van der Waals surface area contributed by atoms with Crippen molar-refractivity contribution in [2.75, 3.05) is 11.9 Å². The standard InChI is InChI=1S/C16H26ClN/c1-12(2)10-16(4,5)13(3)11-18-15-8-6-14(17)7-9-15/h6-9,12-13,18H,10-11H2,1-5H3. The Morgan fingerprint density at radius 3 is 2.17 bits per heavy atom. The molecule has 0 saturated carbocycles. The topological polar surface area (TPSA) is 12.0 Å². The molecule has 1 unspecified atom stereocenters. The Hall–Kier alpha value is -0.690. The van der Waals surface area contributed by atoms with Gasteiger partial charge in [0, 0.05) is 17.3 Å². The summed E-state index contributed by atoms with van der Waals surface area (Å²) < 4.78 is 0. The van der Waals surface area contributed by atoms with Crippen LogP contribution in [0.15, 0.2) is 24.3 Å². The summed E-state index contributed by atoms with van der Waals surface area (Å²) in [5, 5.41) is 4.28. The first-order valence-corrected chi connectivity index (χ1v) is 7.18. The zero-order chi connectivity index (χ0) is 13.8. The first-order valence-electron chi connectivity index (χ1n) is 6.80. The third-order valence-corrected chi connectivity index (χ3v) is 3.98. The maximum Gasteiger partial charge on any atom is 0.0407 e. The van der Waals surface area contributed by atoms with E-state index in [4.69, 9.17) is 11.6 Å². The molecule has 1 aromatic rings. The van der Waals surface area contributed by atoms with E-state index in [1.54, 1.807) is 0 Å². The summed E-state index contributed by atoms with van der Waals surface area (Å²) >= 11 is 5.88. The van der Waals surface area contributed by atoms with Crippen molar-refractivity contribution < 1.29 is 0 Å². The minimum atomic E-state index is 0.369. The van der Waals surface area contributed by atoms with Crippen LogP contribution in [0.5, 0.6) is 0 Å². The number of hydrogen-bond donors (Lipinski definition) is 1. The van der Waals surface area contributed by atoms with E-state index >= 15 is 0 Å². The van der Waals surface area contributed by atoms with Gasteiger partial charge in [0.25, 0.3) is 0 Å². The summed E-state index contributed by atoms with van der Waals surface area (Å²) in [5.41, 5.74) is 1.51. The summed E-state index contributed by atoms with van der Waals surface area (Å²) in [4.78, 5) is 0. The third-order valence-electron chi connectivity index (χ3n) is 3.73. The molecular weight excluding hydrogens is 242 g/mol. The van der Waals surface area contributed by atoms with Gasteiger partial charge in [-0.05, 0) is 47.9 Å². The minimum absolute atomic E-state index is 0.369. The largest absolute Gasteiger partial charge is 0.385 e. The Bertz CT molecular complexity index is 354. The molecule has 0 aliphatic rings. The Morgan fingerprint density at radius 1 is 1.11 bits per heavy atom. The van der Waals surface area contributed by atoms with Gasteiger partial charge in [-0.1, -0.05) is 46.2 Å². The zero-order valence-corrected chi connectivity index (χ0v) is 13.0. The van der Waals surface area contributed by atoms with Crippen molar-refractivity contribution in [3.63, 3.8) is 0 Å². The Morgan fingerprint density at radius 2 is 1.67 bits per heavy atom. The van der Waals surface area contributed by atoms with Crippen LogP contribution in [0.25, 0.3) is 0 Å². The first-order chi connectivity index (χ1) is 8.31. The van der Waals surface area contributed by atoms with Crippen molar-refractivity contribution in [3.8, 4) is 0 Å². The summed E-state index contributed by atoms with van der Waals surface area (Å²) in [6.07, 6.45) is 1.26. The average Bonchev–Trinajstić information content (AvgIpc) is 2.26. The van der Waals surface area contributed by atoms with Gasteiger partial charge >= 0.3 is 0 Å². The average molecular weight is 268 g/mol. The highest BCUT2D eigenvalue weighted by Crippen LogP contribution is 2.33. The molecule has 2 heteroatoms. The smallest absolute Gasteiger partial charge is 0.0407 e. The molecule has 102 valence electrons. The zero-order valence-electron chi connectivity index (χ0n) is 12.3. The quantitative estimate of drug-likeness (QED) is 0.722. The molecular formula is C16H26ClN. The molecule has 0 saturated heterocycles. The van der Waals surface area contributed by atoms with Crippen molar-refractivity contribution in [2.24, 2.45) is 17.3 Å². The predicted octanol–water partition coefficient (Wildman–Crippen LogP) is 5.46. The monoisotopic (exact) mass is 267 g/mol. The van der Waals surface area contributed by atoms with Crippen LogP contribution in [0.3, 0.4) is 0 Å². The van der Waals surface area contributed by atoms with E-state index < -0.39 is 0 Å². The molecule has 0 radical (unpaired) electrons. The van der Waals surface area contributed by atoms with Gasteiger partial charge in [0.1, 0.15) is 0 Å². The van der Waals surface area contributed by atoms with Crippen molar-refractivity contribution in [3.05, 3.63) is 29.3 Å². The second kappa shape index (κ2) is 6.47. The van der Waals surface area contributed by atoms with E-state index in [9.17, 15) is 0 Å². The molecule has 1 aromatic carbocycles. The Balaban J connectivity index is 2.49. The summed E-state index contributed by atoms with van der Waals surface area (Å²) in [6, 6.07) is 7.91. The van der Waals surface area contributed by atoms with E-state index in [2.05, 4.69) is 39.9 Å². The predicted molar refractivity (Wildman–Crippen MR) is 82.3 cm³/mol. The number of anilines is 1. The lowest BCUT2D eigenvalue weighted by Crippen LogP contribution is -2.29. The Kier molecular flexibility index (Phi) is 5.52. The molecule has 0 fully saturated rings. The SMILES string of the molecule is CC(C)CC(C)(C)C(C)CNc1ccc(Cl)cc1. The molecule has 1 rings (SSSR count). The van der Waals surface area contributed by atoms with E-state index in [-0.39, 0.29) is 0 Å². The van der Waals surface area contributed by atoms with Crippen LogP contribution in [0.1, 0.15) is 41.0 Å². The summed E-state index contributed by atoms with van der Waals surface area (Å²) in [6.45, 7) is 12.6. The van der Waals surface area contributed by atoms with Crippen molar-refractivity contribution in [2.45, 2.75) is 41.0 Å². The lowest BCUT2D eigenvalue weighted by atomic mass is 9.74. The van der Waals surface area contributed by atoms with Gasteiger partial charge in [0.15, 0.2) is 0 Å². The van der Waals surface area contributed by atoms with Gasteiger partial charge in [-0.3, -0.25) is 0 Å². The van der Waals surface area contributed by atoms with E-state index in [1.807, 2.05) is 24.3 Å². The summed E-state index contributed by atoms with van der Waals surface area (Å²) in [7, 11) is 0. The number of rotatable bonds is 6. The fraction of sp³-hybridized carbons (Fsp3) is 0.625. The van der Waals surface area contributed by atoms with E-state index in [1.165, 1.54) is 6.42 Å². The van der Waals surface area contributed by atoms with Crippen LogP contribution in [-0.4, -0.2) is 6.54 Å². The molecule has 0 amide bonds. The molecule has 0 spiro atoms. The molecule has 0 bridgehead atoms. The molecule has 1 atom stereocenters. The highest BCUT2D eigenvalue weighted by atomic mass is 35.5. The second-order valence-electron chi connectivity index (χ2n) is 6.38. The van der Waals surface area contributed by atoms with Gasteiger partial charge in [-0.15, -0.1) is 0 Å². The lowest BCUT2D eigenvalue weighted by Gasteiger charge is -2.34. The number of halogens is 1. The van der Waals surface area contributed by atoms with Gasteiger partial charge < -0.3 is 5.32 Å². The van der Waals surface area contributed by atoms with Crippen LogP contribution in [0.4, 0.5) is 5.69 Å².